The number of nitrogens with zero attached hydrogens (tertiary/aromatic N) is 2. The van der Waals surface area contributed by atoms with Crippen LogP contribution < -0.4 is 4.74 Å². The third-order valence-corrected chi connectivity index (χ3v) is 6.83. The van der Waals surface area contributed by atoms with E-state index in [0.717, 1.165) is 33.4 Å². The highest BCUT2D eigenvalue weighted by atomic mass is 35.5. The molecule has 0 spiro atoms. The van der Waals surface area contributed by atoms with Crippen LogP contribution in [0.1, 0.15) is 41.6 Å². The van der Waals surface area contributed by atoms with Gasteiger partial charge in [-0.15, -0.1) is 0 Å². The maximum atomic E-state index is 11.8. The number of carbonyl (C=O) groups excluding carboxylic acids is 1. The summed E-state index contributed by atoms with van der Waals surface area (Å²) in [6.45, 7) is 4.32. The lowest BCUT2D eigenvalue weighted by Gasteiger charge is -2.11. The van der Waals surface area contributed by atoms with Crippen molar-refractivity contribution in [2.24, 2.45) is 0 Å². The second-order valence-electron chi connectivity index (χ2n) is 9.03. The second kappa shape index (κ2) is 10.9. The zero-order valence-corrected chi connectivity index (χ0v) is 22.5. The summed E-state index contributed by atoms with van der Waals surface area (Å²) in [4.78, 5) is 16.1. The molecule has 192 valence electrons. The Morgan fingerprint density at radius 3 is 2.34 bits per heavy atom. The predicted molar refractivity (Wildman–Crippen MR) is 149 cm³/mol. The van der Waals surface area contributed by atoms with Gasteiger partial charge >= 0.3 is 5.97 Å². The van der Waals surface area contributed by atoms with E-state index in [-0.39, 0.29) is 18.2 Å². The lowest BCUT2D eigenvalue weighted by Crippen LogP contribution is -2.03. The average Bonchev–Trinajstić information content (AvgIpc) is 3.35. The highest BCUT2D eigenvalue weighted by molar-refractivity contribution is 6.39. The van der Waals surface area contributed by atoms with Crippen LogP contribution in [0.5, 0.6) is 5.75 Å². The molecule has 0 aliphatic rings. The summed E-state index contributed by atoms with van der Waals surface area (Å²) in [5, 5.41) is 6.21. The van der Waals surface area contributed by atoms with Gasteiger partial charge in [0, 0.05) is 16.9 Å². The van der Waals surface area contributed by atoms with Gasteiger partial charge in [0.1, 0.15) is 29.5 Å². The van der Waals surface area contributed by atoms with Crippen LogP contribution in [-0.2, 0) is 11.3 Å². The van der Waals surface area contributed by atoms with Crippen LogP contribution in [0.25, 0.3) is 33.3 Å². The van der Waals surface area contributed by atoms with Crippen LogP contribution in [0.15, 0.2) is 77.3 Å². The van der Waals surface area contributed by atoms with Crippen molar-refractivity contribution in [1.82, 2.24) is 10.1 Å². The minimum absolute atomic E-state index is 0.101. The van der Waals surface area contributed by atoms with Gasteiger partial charge in [-0.2, -0.15) is 0 Å². The number of benzene rings is 3. The second-order valence-corrected chi connectivity index (χ2v) is 9.85. The van der Waals surface area contributed by atoms with Gasteiger partial charge in [-0.1, -0.05) is 72.5 Å². The van der Waals surface area contributed by atoms with E-state index < -0.39 is 5.97 Å². The third kappa shape index (κ3) is 5.10. The van der Waals surface area contributed by atoms with E-state index in [1.807, 2.05) is 62.4 Å². The van der Waals surface area contributed by atoms with E-state index in [1.54, 1.807) is 24.3 Å². The maximum Gasteiger partial charge on any atom is 0.356 e. The van der Waals surface area contributed by atoms with E-state index in [0.29, 0.717) is 27.1 Å². The lowest BCUT2D eigenvalue weighted by atomic mass is 10.0. The van der Waals surface area contributed by atoms with Gasteiger partial charge < -0.3 is 14.0 Å². The molecule has 38 heavy (non-hydrogen) atoms. The zero-order chi connectivity index (χ0) is 26.8. The van der Waals surface area contributed by atoms with Gasteiger partial charge in [-0.25, -0.2) is 9.78 Å². The number of hydrogen-bond acceptors (Lipinski definition) is 6. The molecule has 5 rings (SSSR count). The molecule has 0 radical (unpaired) electrons. The van der Waals surface area contributed by atoms with Gasteiger partial charge in [-0.3, -0.25) is 0 Å². The van der Waals surface area contributed by atoms with E-state index in [4.69, 9.17) is 37.2 Å². The van der Waals surface area contributed by atoms with Crippen LogP contribution in [-0.4, -0.2) is 23.2 Å². The standard InChI is InChI=1S/C30H24Cl2N2O4/c1-17(2)29-22(28(34-38-29)27-23(31)5-4-6-24(27)32)16-37-21-11-7-18(8-12-21)19-9-13-25-20(15-19)10-14-26(33-25)30(35)36-3/h4-15,17H,16H2,1-3H3. The van der Waals surface area contributed by atoms with Crippen molar-refractivity contribution in [2.75, 3.05) is 7.11 Å². The first-order chi connectivity index (χ1) is 18.4. The molecule has 6 nitrogen and oxygen atoms in total. The van der Waals surface area contributed by atoms with Crippen molar-refractivity contribution >= 4 is 40.1 Å². The zero-order valence-electron chi connectivity index (χ0n) is 21.0. The molecule has 5 aromatic rings. The Morgan fingerprint density at radius 2 is 1.66 bits per heavy atom. The van der Waals surface area contributed by atoms with Crippen LogP contribution in [0.4, 0.5) is 0 Å². The molecule has 0 aliphatic carbocycles. The number of halogens is 2. The number of esters is 1. The van der Waals surface area contributed by atoms with Crippen LogP contribution in [0.2, 0.25) is 10.0 Å². The summed E-state index contributed by atoms with van der Waals surface area (Å²) < 4.78 is 16.6. The van der Waals surface area contributed by atoms with Crippen molar-refractivity contribution in [3.63, 3.8) is 0 Å². The Morgan fingerprint density at radius 1 is 0.947 bits per heavy atom. The lowest BCUT2D eigenvalue weighted by molar-refractivity contribution is 0.0594. The monoisotopic (exact) mass is 546 g/mol. The Bertz CT molecular complexity index is 1610. The normalized spacial score (nSPS) is 11.2. The minimum Gasteiger partial charge on any atom is -0.489 e. The number of carbonyl (C=O) groups is 1. The van der Waals surface area contributed by atoms with Crippen molar-refractivity contribution in [3.8, 4) is 28.1 Å². The average molecular weight is 547 g/mol. The summed E-state index contributed by atoms with van der Waals surface area (Å²) in [6.07, 6.45) is 0. The molecule has 0 saturated heterocycles. The van der Waals surface area contributed by atoms with Gasteiger partial charge in [0.05, 0.1) is 28.2 Å². The Labute approximate surface area is 230 Å². The first-order valence-electron chi connectivity index (χ1n) is 12.0. The summed E-state index contributed by atoms with van der Waals surface area (Å²) in [5.74, 6) is 1.07. The minimum atomic E-state index is -0.458. The number of aromatic nitrogens is 2. The van der Waals surface area contributed by atoms with Crippen molar-refractivity contribution in [2.45, 2.75) is 26.4 Å². The van der Waals surface area contributed by atoms with Crippen molar-refractivity contribution < 1.29 is 18.8 Å². The fraction of sp³-hybridized carbons (Fsp3) is 0.167. The summed E-state index contributed by atoms with van der Waals surface area (Å²) in [5.41, 5.74) is 5.07. The summed E-state index contributed by atoms with van der Waals surface area (Å²) in [6, 6.07) is 22.6. The Kier molecular flexibility index (Phi) is 7.36. The quantitative estimate of drug-likeness (QED) is 0.191. The molecule has 0 N–H and O–H groups in total. The number of methoxy groups -OCH3 is 1. The molecular weight excluding hydrogens is 523 g/mol. The van der Waals surface area contributed by atoms with Crippen LogP contribution in [0, 0.1) is 0 Å². The molecule has 0 saturated carbocycles. The van der Waals surface area contributed by atoms with E-state index >= 15 is 0 Å². The molecule has 0 fully saturated rings. The maximum absolute atomic E-state index is 11.8. The molecule has 2 heterocycles. The first kappa shape index (κ1) is 25.8. The molecular formula is C30H24Cl2N2O4. The highest BCUT2D eigenvalue weighted by Gasteiger charge is 2.23. The number of fused-ring (bicyclic) bond motifs is 1. The van der Waals surface area contributed by atoms with Crippen LogP contribution in [0.3, 0.4) is 0 Å². The van der Waals surface area contributed by atoms with Gasteiger partial charge in [0.15, 0.2) is 0 Å². The van der Waals surface area contributed by atoms with E-state index in [1.165, 1.54) is 7.11 Å². The molecule has 8 heteroatoms. The molecule has 0 amide bonds. The number of rotatable bonds is 7. The van der Waals surface area contributed by atoms with Crippen LogP contribution >= 0.6 is 23.2 Å². The fourth-order valence-electron chi connectivity index (χ4n) is 4.26. The highest BCUT2D eigenvalue weighted by Crippen LogP contribution is 2.39. The molecule has 3 aromatic carbocycles. The summed E-state index contributed by atoms with van der Waals surface area (Å²) >= 11 is 12.9. The smallest absolute Gasteiger partial charge is 0.356 e. The predicted octanol–water partition coefficient (Wildman–Crippen LogP) is 8.35. The molecule has 2 aromatic heterocycles. The molecule has 0 bridgehead atoms. The van der Waals surface area contributed by atoms with Gasteiger partial charge in [0.2, 0.25) is 0 Å². The summed E-state index contributed by atoms with van der Waals surface area (Å²) in [7, 11) is 1.34. The van der Waals surface area contributed by atoms with Crippen molar-refractivity contribution in [3.05, 3.63) is 99.9 Å². The van der Waals surface area contributed by atoms with E-state index in [2.05, 4.69) is 10.1 Å². The largest absolute Gasteiger partial charge is 0.489 e. The van der Waals surface area contributed by atoms with Gasteiger partial charge in [-0.05, 0) is 53.6 Å². The Hall–Kier alpha value is -3.87. The first-order valence-corrected chi connectivity index (χ1v) is 12.8. The number of pyridine rings is 1. The molecule has 0 atom stereocenters. The van der Waals surface area contributed by atoms with E-state index in [9.17, 15) is 4.79 Å². The molecule has 0 unspecified atom stereocenters. The number of hydrogen-bond donors (Lipinski definition) is 0. The number of ether oxygens (including phenoxy) is 2. The third-order valence-electron chi connectivity index (χ3n) is 6.20. The Balaban J connectivity index is 1.37. The van der Waals surface area contributed by atoms with Gasteiger partial charge in [0.25, 0.3) is 0 Å². The fourth-order valence-corrected chi connectivity index (χ4v) is 4.83. The molecule has 0 aliphatic heterocycles. The SMILES string of the molecule is COC(=O)c1ccc2cc(-c3ccc(OCc4c(-c5c(Cl)cccc5Cl)noc4C(C)C)cc3)ccc2n1. The topological polar surface area (TPSA) is 74.5 Å². The van der Waals surface area contributed by atoms with Crippen molar-refractivity contribution in [1.29, 1.82) is 0 Å².